The molecule has 1 amide bonds. The quantitative estimate of drug-likeness (QED) is 0.765. The zero-order chi connectivity index (χ0) is 14.4. The highest BCUT2D eigenvalue weighted by atomic mass is 35.5. The van der Waals surface area contributed by atoms with Crippen molar-refractivity contribution in [2.45, 2.75) is 19.4 Å². The van der Waals surface area contributed by atoms with E-state index in [0.29, 0.717) is 12.1 Å². The number of amides is 1. The smallest absolute Gasteiger partial charge is 0.328 e. The minimum absolute atomic E-state index is 0.111. The van der Waals surface area contributed by atoms with Gasteiger partial charge in [0.05, 0.1) is 6.61 Å². The number of aromatic nitrogens is 1. The molecule has 19 heavy (non-hydrogen) atoms. The van der Waals surface area contributed by atoms with E-state index < -0.39 is 17.9 Å². The summed E-state index contributed by atoms with van der Waals surface area (Å²) in [4.78, 5) is 26.9. The Morgan fingerprint density at radius 2 is 2.21 bits per heavy atom. The number of carboxylic acids is 1. The van der Waals surface area contributed by atoms with Crippen LogP contribution in [0.15, 0.2) is 12.1 Å². The number of carboxylic acid groups (broad SMARTS) is 1. The predicted molar refractivity (Wildman–Crippen MR) is 69.4 cm³/mol. The standard InChI is InChI=1S/C12H15ClN2O4/c1-3-8-4-7(5-10(13)14-8)11(16)15-9(6-19-2)12(17)18/h4-5,9H,3,6H2,1-2H3,(H,15,16)(H,17,18). The lowest BCUT2D eigenvalue weighted by Gasteiger charge is -2.13. The van der Waals surface area contributed by atoms with Crippen molar-refractivity contribution in [1.29, 1.82) is 0 Å². The zero-order valence-corrected chi connectivity index (χ0v) is 11.4. The van der Waals surface area contributed by atoms with E-state index in [0.717, 1.165) is 0 Å². The summed E-state index contributed by atoms with van der Waals surface area (Å²) in [6, 6.07) is 1.86. The van der Waals surface area contributed by atoms with E-state index in [9.17, 15) is 9.59 Å². The molecular weight excluding hydrogens is 272 g/mol. The first-order valence-electron chi connectivity index (χ1n) is 5.67. The second kappa shape index (κ2) is 7.06. The van der Waals surface area contributed by atoms with Gasteiger partial charge in [0.2, 0.25) is 0 Å². The molecular formula is C12H15ClN2O4. The Morgan fingerprint density at radius 3 is 2.74 bits per heavy atom. The SMILES string of the molecule is CCc1cc(C(=O)NC(COC)C(=O)O)cc(Cl)n1. The number of halogens is 1. The van der Waals surface area contributed by atoms with Crippen LogP contribution in [0.5, 0.6) is 0 Å². The first kappa shape index (κ1) is 15.4. The molecule has 0 aliphatic rings. The van der Waals surface area contributed by atoms with E-state index >= 15 is 0 Å². The molecule has 0 radical (unpaired) electrons. The number of hydrogen-bond donors (Lipinski definition) is 2. The number of methoxy groups -OCH3 is 1. The first-order chi connectivity index (χ1) is 8.97. The van der Waals surface area contributed by atoms with Crippen LogP contribution in [0.1, 0.15) is 23.0 Å². The number of nitrogens with one attached hydrogen (secondary N) is 1. The van der Waals surface area contributed by atoms with Crippen molar-refractivity contribution in [3.63, 3.8) is 0 Å². The van der Waals surface area contributed by atoms with Crippen LogP contribution in [0.2, 0.25) is 5.15 Å². The Hall–Kier alpha value is -1.66. The average molecular weight is 287 g/mol. The van der Waals surface area contributed by atoms with Gasteiger partial charge in [-0.15, -0.1) is 0 Å². The van der Waals surface area contributed by atoms with Gasteiger partial charge in [-0.3, -0.25) is 4.79 Å². The number of carbonyl (C=O) groups is 2. The molecule has 1 aromatic heterocycles. The molecule has 2 N–H and O–H groups in total. The predicted octanol–water partition coefficient (Wildman–Crippen LogP) is 1.13. The van der Waals surface area contributed by atoms with Crippen molar-refractivity contribution < 1.29 is 19.4 Å². The summed E-state index contributed by atoms with van der Waals surface area (Å²) in [5.41, 5.74) is 0.940. The van der Waals surface area contributed by atoms with E-state index in [2.05, 4.69) is 10.3 Å². The molecule has 0 spiro atoms. The monoisotopic (exact) mass is 286 g/mol. The van der Waals surface area contributed by atoms with E-state index in [1.807, 2.05) is 6.92 Å². The molecule has 1 heterocycles. The zero-order valence-electron chi connectivity index (χ0n) is 10.6. The fourth-order valence-electron chi connectivity index (χ4n) is 1.45. The van der Waals surface area contributed by atoms with Gasteiger partial charge in [0.25, 0.3) is 5.91 Å². The van der Waals surface area contributed by atoms with Gasteiger partial charge in [-0.25, -0.2) is 9.78 Å². The lowest BCUT2D eigenvalue weighted by Crippen LogP contribution is -2.43. The van der Waals surface area contributed by atoms with Gasteiger partial charge < -0.3 is 15.2 Å². The highest BCUT2D eigenvalue weighted by Gasteiger charge is 2.20. The topological polar surface area (TPSA) is 88.5 Å². The van der Waals surface area contributed by atoms with Gasteiger partial charge in [0.1, 0.15) is 5.15 Å². The number of rotatable bonds is 6. The van der Waals surface area contributed by atoms with Crippen LogP contribution >= 0.6 is 11.6 Å². The van der Waals surface area contributed by atoms with Crippen molar-refractivity contribution in [2.75, 3.05) is 13.7 Å². The van der Waals surface area contributed by atoms with E-state index in [1.165, 1.54) is 13.2 Å². The van der Waals surface area contributed by atoms with Crippen molar-refractivity contribution in [3.8, 4) is 0 Å². The molecule has 1 atom stereocenters. The van der Waals surface area contributed by atoms with Crippen LogP contribution in [0.25, 0.3) is 0 Å². The number of aryl methyl sites for hydroxylation is 1. The first-order valence-corrected chi connectivity index (χ1v) is 6.04. The summed E-state index contributed by atoms with van der Waals surface area (Å²) in [5.74, 6) is -1.69. The normalized spacial score (nSPS) is 11.9. The number of aliphatic carboxylic acids is 1. The molecule has 1 unspecified atom stereocenters. The maximum atomic E-state index is 11.9. The third-order valence-electron chi connectivity index (χ3n) is 2.41. The summed E-state index contributed by atoms with van der Waals surface area (Å²) >= 11 is 5.80. The molecule has 104 valence electrons. The third kappa shape index (κ3) is 4.50. The summed E-state index contributed by atoms with van der Waals surface area (Å²) in [6.45, 7) is 1.77. The molecule has 0 aromatic carbocycles. The molecule has 0 saturated heterocycles. The van der Waals surface area contributed by atoms with Gasteiger partial charge in [0, 0.05) is 18.4 Å². The van der Waals surface area contributed by atoms with Gasteiger partial charge >= 0.3 is 5.97 Å². The molecule has 6 nitrogen and oxygen atoms in total. The second-order valence-corrected chi connectivity index (χ2v) is 4.23. The largest absolute Gasteiger partial charge is 0.480 e. The second-order valence-electron chi connectivity index (χ2n) is 3.84. The minimum Gasteiger partial charge on any atom is -0.480 e. The average Bonchev–Trinajstić information content (AvgIpc) is 2.37. The number of nitrogens with zero attached hydrogens (tertiary/aromatic N) is 1. The Labute approximate surface area is 115 Å². The van der Waals surface area contributed by atoms with Crippen molar-refractivity contribution in [3.05, 3.63) is 28.5 Å². The summed E-state index contributed by atoms with van der Waals surface area (Å²) in [7, 11) is 1.36. The molecule has 0 aliphatic carbocycles. The van der Waals surface area contributed by atoms with Gasteiger partial charge in [-0.05, 0) is 18.6 Å². The molecule has 1 rings (SSSR count). The Morgan fingerprint density at radius 1 is 1.53 bits per heavy atom. The van der Waals surface area contributed by atoms with Crippen molar-refractivity contribution in [2.24, 2.45) is 0 Å². The number of carbonyl (C=O) groups excluding carboxylic acids is 1. The molecule has 0 fully saturated rings. The lowest BCUT2D eigenvalue weighted by atomic mass is 10.2. The van der Waals surface area contributed by atoms with Crippen LogP contribution in [0.3, 0.4) is 0 Å². The van der Waals surface area contributed by atoms with Gasteiger partial charge in [0.15, 0.2) is 6.04 Å². The van der Waals surface area contributed by atoms with Crippen molar-refractivity contribution in [1.82, 2.24) is 10.3 Å². The third-order valence-corrected chi connectivity index (χ3v) is 2.60. The summed E-state index contributed by atoms with van der Waals surface area (Å²) < 4.78 is 4.74. The van der Waals surface area contributed by atoms with Crippen LogP contribution in [-0.2, 0) is 16.0 Å². The fourth-order valence-corrected chi connectivity index (χ4v) is 1.67. The maximum Gasteiger partial charge on any atom is 0.328 e. The highest BCUT2D eigenvalue weighted by molar-refractivity contribution is 6.29. The van der Waals surface area contributed by atoms with E-state index in [-0.39, 0.29) is 17.3 Å². The highest BCUT2D eigenvalue weighted by Crippen LogP contribution is 2.11. The number of hydrogen-bond acceptors (Lipinski definition) is 4. The molecule has 0 aliphatic heterocycles. The number of pyridine rings is 1. The molecule has 1 aromatic rings. The van der Waals surface area contributed by atoms with Gasteiger partial charge in [-0.2, -0.15) is 0 Å². The number of ether oxygens (including phenoxy) is 1. The Bertz CT molecular complexity index is 479. The lowest BCUT2D eigenvalue weighted by molar-refractivity contribution is -0.140. The van der Waals surface area contributed by atoms with Crippen LogP contribution in [0.4, 0.5) is 0 Å². The Kier molecular flexibility index (Phi) is 5.72. The fraction of sp³-hybridized carbons (Fsp3) is 0.417. The summed E-state index contributed by atoms with van der Waals surface area (Å²) in [5, 5.41) is 11.5. The minimum atomic E-state index is -1.16. The summed E-state index contributed by atoms with van der Waals surface area (Å²) in [6.07, 6.45) is 0.626. The van der Waals surface area contributed by atoms with Crippen LogP contribution in [-0.4, -0.2) is 41.7 Å². The molecule has 0 bridgehead atoms. The van der Waals surface area contributed by atoms with E-state index in [4.69, 9.17) is 21.4 Å². The van der Waals surface area contributed by atoms with Gasteiger partial charge in [-0.1, -0.05) is 18.5 Å². The maximum absolute atomic E-state index is 11.9. The van der Waals surface area contributed by atoms with Crippen LogP contribution < -0.4 is 5.32 Å². The van der Waals surface area contributed by atoms with Crippen molar-refractivity contribution >= 4 is 23.5 Å². The molecule has 0 saturated carbocycles. The Balaban J connectivity index is 2.87. The molecule has 7 heteroatoms. The van der Waals surface area contributed by atoms with Crippen LogP contribution in [0, 0.1) is 0 Å². The van der Waals surface area contributed by atoms with E-state index in [1.54, 1.807) is 6.07 Å².